The Bertz CT molecular complexity index is 731. The van der Waals surface area contributed by atoms with E-state index in [9.17, 15) is 14.0 Å². The first-order chi connectivity index (χ1) is 11.9. The molecule has 1 aromatic heterocycles. The van der Waals surface area contributed by atoms with Crippen LogP contribution in [0.5, 0.6) is 0 Å². The van der Waals surface area contributed by atoms with Gasteiger partial charge in [-0.05, 0) is 23.6 Å². The van der Waals surface area contributed by atoms with Crippen molar-refractivity contribution in [2.75, 3.05) is 6.54 Å². The van der Waals surface area contributed by atoms with Gasteiger partial charge in [0.25, 0.3) is 0 Å². The van der Waals surface area contributed by atoms with Gasteiger partial charge in [-0.15, -0.1) is 0 Å². The third-order valence-electron chi connectivity index (χ3n) is 3.73. The van der Waals surface area contributed by atoms with Crippen molar-refractivity contribution in [1.29, 1.82) is 0 Å². The number of rotatable bonds is 7. The summed E-state index contributed by atoms with van der Waals surface area (Å²) in [4.78, 5) is 27.3. The molecule has 0 unspecified atom stereocenters. The van der Waals surface area contributed by atoms with Crippen LogP contribution in [0.15, 0.2) is 36.9 Å². The van der Waals surface area contributed by atoms with Crippen molar-refractivity contribution in [3.63, 3.8) is 0 Å². The molecule has 0 radical (unpaired) electrons. The molecule has 4 N–H and O–H groups in total. The SMILES string of the molecule is CC(C)[C@H](N)C(=O)NCC(=O)NCc1ccc(-n2ccnc2)c(F)c1. The van der Waals surface area contributed by atoms with E-state index in [1.54, 1.807) is 29.1 Å². The van der Waals surface area contributed by atoms with Crippen LogP contribution in [0.2, 0.25) is 0 Å². The summed E-state index contributed by atoms with van der Waals surface area (Å²) < 4.78 is 15.7. The molecular formula is C17H22FN5O2. The number of carbonyl (C=O) groups is 2. The first-order valence-corrected chi connectivity index (χ1v) is 7.95. The van der Waals surface area contributed by atoms with E-state index in [0.29, 0.717) is 11.3 Å². The summed E-state index contributed by atoms with van der Waals surface area (Å²) in [5.41, 5.74) is 6.68. The highest BCUT2D eigenvalue weighted by molar-refractivity contribution is 5.87. The molecule has 7 nitrogen and oxygen atoms in total. The molecule has 25 heavy (non-hydrogen) atoms. The predicted octanol–water partition coefficient (Wildman–Crippen LogP) is 0.727. The van der Waals surface area contributed by atoms with E-state index in [4.69, 9.17) is 5.73 Å². The highest BCUT2D eigenvalue weighted by Gasteiger charge is 2.17. The summed E-state index contributed by atoms with van der Waals surface area (Å²) in [5.74, 6) is -1.18. The van der Waals surface area contributed by atoms with Gasteiger partial charge in [-0.1, -0.05) is 19.9 Å². The Balaban J connectivity index is 1.84. The highest BCUT2D eigenvalue weighted by atomic mass is 19.1. The Morgan fingerprint density at radius 3 is 2.68 bits per heavy atom. The predicted molar refractivity (Wildman–Crippen MR) is 91.2 cm³/mol. The maximum atomic E-state index is 14.1. The van der Waals surface area contributed by atoms with Gasteiger partial charge in [-0.2, -0.15) is 0 Å². The summed E-state index contributed by atoms with van der Waals surface area (Å²) in [7, 11) is 0. The average Bonchev–Trinajstić information content (AvgIpc) is 3.11. The molecule has 0 saturated heterocycles. The van der Waals surface area contributed by atoms with Crippen LogP contribution >= 0.6 is 0 Å². The van der Waals surface area contributed by atoms with E-state index in [1.165, 1.54) is 12.4 Å². The maximum absolute atomic E-state index is 14.1. The molecule has 0 aliphatic heterocycles. The normalized spacial score (nSPS) is 12.0. The zero-order valence-corrected chi connectivity index (χ0v) is 14.2. The molecule has 0 spiro atoms. The number of hydrogen-bond acceptors (Lipinski definition) is 4. The van der Waals surface area contributed by atoms with Gasteiger partial charge in [0.05, 0.1) is 24.6 Å². The van der Waals surface area contributed by atoms with Crippen LogP contribution in [0.4, 0.5) is 4.39 Å². The number of amides is 2. The minimum absolute atomic E-state index is 0.0138. The van der Waals surface area contributed by atoms with Gasteiger partial charge in [0.1, 0.15) is 5.82 Å². The lowest BCUT2D eigenvalue weighted by atomic mass is 10.1. The van der Waals surface area contributed by atoms with Crippen molar-refractivity contribution in [1.82, 2.24) is 20.2 Å². The lowest BCUT2D eigenvalue weighted by molar-refractivity contribution is -0.127. The van der Waals surface area contributed by atoms with Crippen LogP contribution in [0.1, 0.15) is 19.4 Å². The molecule has 2 amide bonds. The molecule has 1 atom stereocenters. The number of hydrogen-bond donors (Lipinski definition) is 3. The van der Waals surface area contributed by atoms with E-state index in [0.717, 1.165) is 0 Å². The second-order valence-corrected chi connectivity index (χ2v) is 6.02. The fourth-order valence-electron chi connectivity index (χ4n) is 2.12. The zero-order chi connectivity index (χ0) is 18.4. The van der Waals surface area contributed by atoms with Crippen LogP contribution in [0.25, 0.3) is 5.69 Å². The van der Waals surface area contributed by atoms with Crippen molar-refractivity contribution in [3.05, 3.63) is 48.3 Å². The summed E-state index contributed by atoms with van der Waals surface area (Å²) in [5, 5.41) is 5.10. The fourth-order valence-corrected chi connectivity index (χ4v) is 2.12. The van der Waals surface area contributed by atoms with Crippen LogP contribution in [-0.2, 0) is 16.1 Å². The van der Waals surface area contributed by atoms with Gasteiger partial charge in [0, 0.05) is 18.9 Å². The molecule has 1 heterocycles. The highest BCUT2D eigenvalue weighted by Crippen LogP contribution is 2.14. The monoisotopic (exact) mass is 347 g/mol. The number of imidazole rings is 1. The Hall–Kier alpha value is -2.74. The van der Waals surface area contributed by atoms with Gasteiger partial charge in [-0.25, -0.2) is 9.37 Å². The van der Waals surface area contributed by atoms with Crippen LogP contribution in [0, 0.1) is 11.7 Å². The lowest BCUT2D eigenvalue weighted by Gasteiger charge is -2.15. The van der Waals surface area contributed by atoms with Crippen molar-refractivity contribution < 1.29 is 14.0 Å². The Morgan fingerprint density at radius 1 is 1.32 bits per heavy atom. The third kappa shape index (κ3) is 5.12. The first-order valence-electron chi connectivity index (χ1n) is 7.95. The molecule has 0 saturated carbocycles. The Labute approximate surface area is 145 Å². The van der Waals surface area contributed by atoms with Gasteiger partial charge in [0.2, 0.25) is 11.8 Å². The fraction of sp³-hybridized carbons (Fsp3) is 0.353. The number of aromatic nitrogens is 2. The molecular weight excluding hydrogens is 325 g/mol. The third-order valence-corrected chi connectivity index (χ3v) is 3.73. The summed E-state index contributed by atoms with van der Waals surface area (Å²) in [6, 6.07) is 4.02. The van der Waals surface area contributed by atoms with Crippen molar-refractivity contribution in [2.24, 2.45) is 11.7 Å². The van der Waals surface area contributed by atoms with Crippen LogP contribution in [-0.4, -0.2) is 34.0 Å². The molecule has 0 aliphatic carbocycles. The van der Waals surface area contributed by atoms with E-state index in [1.807, 2.05) is 13.8 Å². The number of nitrogens with two attached hydrogens (primary N) is 1. The van der Waals surface area contributed by atoms with E-state index in [2.05, 4.69) is 15.6 Å². The quantitative estimate of drug-likeness (QED) is 0.687. The largest absolute Gasteiger partial charge is 0.350 e. The molecule has 0 aliphatic rings. The number of carbonyl (C=O) groups excluding carboxylic acids is 2. The van der Waals surface area contributed by atoms with Crippen LogP contribution in [0.3, 0.4) is 0 Å². The molecule has 0 bridgehead atoms. The van der Waals surface area contributed by atoms with Gasteiger partial charge in [-0.3, -0.25) is 9.59 Å². The number of nitrogens with one attached hydrogen (secondary N) is 2. The average molecular weight is 347 g/mol. The smallest absolute Gasteiger partial charge is 0.239 e. The summed E-state index contributed by atoms with van der Waals surface area (Å²) >= 11 is 0. The van der Waals surface area contributed by atoms with Gasteiger partial charge < -0.3 is 20.9 Å². The Kier molecular flexibility index (Phi) is 6.24. The topological polar surface area (TPSA) is 102 Å². The van der Waals surface area contributed by atoms with E-state index in [-0.39, 0.29) is 30.8 Å². The molecule has 2 aromatic rings. The molecule has 134 valence electrons. The maximum Gasteiger partial charge on any atom is 0.239 e. The number of benzene rings is 1. The van der Waals surface area contributed by atoms with Gasteiger partial charge >= 0.3 is 0 Å². The molecule has 2 rings (SSSR count). The lowest BCUT2D eigenvalue weighted by Crippen LogP contribution is -2.47. The summed E-state index contributed by atoms with van der Waals surface area (Å²) in [6.07, 6.45) is 4.71. The second-order valence-electron chi connectivity index (χ2n) is 6.02. The minimum Gasteiger partial charge on any atom is -0.350 e. The van der Waals surface area contributed by atoms with Gasteiger partial charge in [0.15, 0.2) is 0 Å². The number of halogens is 1. The first kappa shape index (κ1) is 18.6. The van der Waals surface area contributed by atoms with Crippen LogP contribution < -0.4 is 16.4 Å². The summed E-state index contributed by atoms with van der Waals surface area (Å²) in [6.45, 7) is 3.64. The zero-order valence-electron chi connectivity index (χ0n) is 14.2. The number of nitrogens with zero attached hydrogens (tertiary/aromatic N) is 2. The van der Waals surface area contributed by atoms with E-state index >= 15 is 0 Å². The standard InChI is InChI=1S/C17H22FN5O2/c1-11(2)16(19)17(25)22-9-15(24)21-8-12-3-4-14(13(18)7-12)23-6-5-20-10-23/h3-7,10-11,16H,8-9,19H2,1-2H3,(H,21,24)(H,22,25)/t16-/m0/s1. The second kappa shape index (κ2) is 8.39. The van der Waals surface area contributed by atoms with Crippen molar-refractivity contribution in [2.45, 2.75) is 26.4 Å². The van der Waals surface area contributed by atoms with E-state index < -0.39 is 11.9 Å². The molecule has 8 heteroatoms. The molecule has 1 aromatic carbocycles. The molecule has 0 fully saturated rings. The minimum atomic E-state index is -0.655. The Morgan fingerprint density at radius 2 is 2.08 bits per heavy atom. The van der Waals surface area contributed by atoms with Crippen molar-refractivity contribution >= 4 is 11.8 Å². The van der Waals surface area contributed by atoms with Crippen molar-refractivity contribution in [3.8, 4) is 5.69 Å².